The number of esters is 2. The summed E-state index contributed by atoms with van der Waals surface area (Å²) in [6, 6.07) is 15.7. The molecule has 124 valence electrons. The van der Waals surface area contributed by atoms with Crippen LogP contribution in [0.2, 0.25) is 0 Å². The molecule has 0 radical (unpaired) electrons. The van der Waals surface area contributed by atoms with Crippen molar-refractivity contribution in [1.29, 1.82) is 5.26 Å². The minimum absolute atomic E-state index is 0.526. The van der Waals surface area contributed by atoms with E-state index < -0.39 is 11.9 Å². The molecule has 0 unspecified atom stereocenters. The second-order valence-corrected chi connectivity index (χ2v) is 4.91. The van der Waals surface area contributed by atoms with E-state index in [1.165, 1.54) is 12.2 Å². The van der Waals surface area contributed by atoms with Gasteiger partial charge in [0.2, 0.25) is 0 Å². The maximum atomic E-state index is 11.6. The lowest BCUT2D eigenvalue weighted by molar-refractivity contribution is -0.152. The molecule has 0 saturated carbocycles. The number of ether oxygens (including phenoxy) is 2. The molecule has 0 atom stereocenters. The predicted molar refractivity (Wildman–Crippen MR) is 93.3 cm³/mol. The Hall–Kier alpha value is -3.65. The maximum Gasteiger partial charge on any atom is 0.338 e. The maximum absolute atomic E-state index is 11.6. The van der Waals surface area contributed by atoms with Crippen LogP contribution in [0.4, 0.5) is 0 Å². The molecule has 2 rings (SSSR count). The van der Waals surface area contributed by atoms with E-state index in [2.05, 4.69) is 4.74 Å². The van der Waals surface area contributed by atoms with Gasteiger partial charge in [0.1, 0.15) is 5.75 Å². The summed E-state index contributed by atoms with van der Waals surface area (Å²) in [5.41, 5.74) is 2.02. The number of benzene rings is 2. The predicted octanol–water partition coefficient (Wildman–Crippen LogP) is 3.36. The van der Waals surface area contributed by atoms with E-state index in [9.17, 15) is 9.59 Å². The van der Waals surface area contributed by atoms with Crippen LogP contribution in [-0.2, 0) is 14.3 Å². The van der Waals surface area contributed by atoms with Gasteiger partial charge in [0.05, 0.1) is 18.7 Å². The Balaban J connectivity index is 1.88. The van der Waals surface area contributed by atoms with Crippen molar-refractivity contribution in [2.45, 2.75) is 0 Å². The summed E-state index contributed by atoms with van der Waals surface area (Å²) in [5, 5.41) is 8.71. The van der Waals surface area contributed by atoms with E-state index in [-0.39, 0.29) is 0 Å². The van der Waals surface area contributed by atoms with Gasteiger partial charge in [0.25, 0.3) is 0 Å². The van der Waals surface area contributed by atoms with Crippen LogP contribution in [0.5, 0.6) is 5.75 Å². The average Bonchev–Trinajstić information content (AvgIpc) is 2.65. The number of nitriles is 1. The molecule has 0 fully saturated rings. The van der Waals surface area contributed by atoms with Crippen molar-refractivity contribution in [1.82, 2.24) is 0 Å². The van der Waals surface area contributed by atoms with Crippen LogP contribution in [0.3, 0.4) is 0 Å². The first-order valence-corrected chi connectivity index (χ1v) is 7.37. The molecule has 0 spiro atoms. The zero-order chi connectivity index (χ0) is 18.1. The van der Waals surface area contributed by atoms with Gasteiger partial charge >= 0.3 is 11.9 Å². The van der Waals surface area contributed by atoms with Gasteiger partial charge in [0.15, 0.2) is 0 Å². The molecule has 2 aromatic rings. The highest BCUT2D eigenvalue weighted by Gasteiger charge is 2.03. The van der Waals surface area contributed by atoms with Crippen molar-refractivity contribution in [3.63, 3.8) is 0 Å². The lowest BCUT2D eigenvalue weighted by Crippen LogP contribution is -2.06. The number of rotatable bonds is 5. The normalized spacial score (nSPS) is 10.6. The summed E-state index contributed by atoms with van der Waals surface area (Å²) in [6.45, 7) is 0. The smallest absolute Gasteiger partial charge is 0.338 e. The third kappa shape index (κ3) is 5.81. The van der Waals surface area contributed by atoms with Gasteiger partial charge < -0.3 is 9.47 Å². The standard InChI is InChI=1S/C20H15NO4/c1-24-18-10-6-16(7-11-18)9-13-20(23)25-19(22)12-8-15-2-4-17(14-21)5-3-15/h2-13H,1H3/b12-8+,13-9+. The first-order valence-electron chi connectivity index (χ1n) is 7.37. The summed E-state index contributed by atoms with van der Waals surface area (Å²) in [6.07, 6.45) is 5.37. The van der Waals surface area contributed by atoms with Crippen LogP contribution in [0.25, 0.3) is 12.2 Å². The number of carbonyl (C=O) groups excluding carboxylic acids is 2. The third-order valence-corrected chi connectivity index (χ3v) is 3.18. The lowest BCUT2D eigenvalue weighted by Gasteiger charge is -1.99. The third-order valence-electron chi connectivity index (χ3n) is 3.18. The van der Waals surface area contributed by atoms with Crippen molar-refractivity contribution in [3.05, 3.63) is 77.4 Å². The minimum Gasteiger partial charge on any atom is -0.497 e. The molecule has 25 heavy (non-hydrogen) atoms. The first-order chi connectivity index (χ1) is 12.1. The molecule has 0 bridgehead atoms. The minimum atomic E-state index is -0.770. The highest BCUT2D eigenvalue weighted by molar-refractivity contribution is 5.99. The fraction of sp³-hybridized carbons (Fsp3) is 0.0500. The van der Waals surface area contributed by atoms with Crippen LogP contribution in [-0.4, -0.2) is 19.0 Å². The van der Waals surface area contributed by atoms with E-state index in [0.717, 1.165) is 17.2 Å². The fourth-order valence-corrected chi connectivity index (χ4v) is 1.88. The Bertz CT molecular complexity index is 841. The number of nitrogens with zero attached hydrogens (tertiary/aromatic N) is 1. The quantitative estimate of drug-likeness (QED) is 0.476. The number of methoxy groups -OCH3 is 1. The van der Waals surface area contributed by atoms with Crippen molar-refractivity contribution in [3.8, 4) is 11.8 Å². The number of hydrogen-bond donors (Lipinski definition) is 0. The lowest BCUT2D eigenvalue weighted by atomic mass is 10.1. The summed E-state index contributed by atoms with van der Waals surface area (Å²) < 4.78 is 9.69. The van der Waals surface area contributed by atoms with Gasteiger partial charge in [-0.1, -0.05) is 24.3 Å². The first kappa shape index (κ1) is 17.7. The Morgan fingerprint density at radius 3 is 1.80 bits per heavy atom. The molecule has 0 aliphatic rings. The monoisotopic (exact) mass is 333 g/mol. The van der Waals surface area contributed by atoms with E-state index in [1.54, 1.807) is 61.7 Å². The SMILES string of the molecule is COc1ccc(/C=C/C(=O)OC(=O)/C=C/c2ccc(C#N)cc2)cc1. The summed E-state index contributed by atoms with van der Waals surface area (Å²) in [4.78, 5) is 23.2. The van der Waals surface area contributed by atoms with Gasteiger partial charge in [-0.3, -0.25) is 0 Å². The Labute approximate surface area is 145 Å². The Morgan fingerprint density at radius 1 is 0.880 bits per heavy atom. The second kappa shape index (κ2) is 8.85. The van der Waals surface area contributed by atoms with E-state index in [0.29, 0.717) is 11.3 Å². The highest BCUT2D eigenvalue weighted by atomic mass is 16.6. The number of carbonyl (C=O) groups is 2. The molecule has 0 aromatic heterocycles. The molecule has 5 heteroatoms. The van der Waals surface area contributed by atoms with Crippen LogP contribution in [0.1, 0.15) is 16.7 Å². The average molecular weight is 333 g/mol. The van der Waals surface area contributed by atoms with Gasteiger partial charge in [-0.05, 0) is 47.5 Å². The Morgan fingerprint density at radius 2 is 1.36 bits per heavy atom. The summed E-state index contributed by atoms with van der Waals surface area (Å²) in [5.74, 6) is -0.818. The molecular formula is C20H15NO4. The van der Waals surface area contributed by atoms with Crippen molar-refractivity contribution in [2.75, 3.05) is 7.11 Å². The summed E-state index contributed by atoms with van der Waals surface area (Å²) in [7, 11) is 1.57. The van der Waals surface area contributed by atoms with Crippen LogP contribution >= 0.6 is 0 Å². The second-order valence-electron chi connectivity index (χ2n) is 4.91. The Kier molecular flexibility index (Phi) is 6.26. The topological polar surface area (TPSA) is 76.4 Å². The van der Waals surface area contributed by atoms with Crippen LogP contribution < -0.4 is 4.74 Å². The van der Waals surface area contributed by atoms with Gasteiger partial charge in [-0.25, -0.2) is 9.59 Å². The molecule has 0 N–H and O–H groups in total. The molecule has 5 nitrogen and oxygen atoms in total. The summed E-state index contributed by atoms with van der Waals surface area (Å²) >= 11 is 0. The molecule has 0 heterocycles. The zero-order valence-electron chi connectivity index (χ0n) is 13.5. The van der Waals surface area contributed by atoms with Crippen molar-refractivity contribution < 1.29 is 19.1 Å². The zero-order valence-corrected chi connectivity index (χ0v) is 13.5. The van der Waals surface area contributed by atoms with Crippen molar-refractivity contribution in [2.24, 2.45) is 0 Å². The van der Waals surface area contributed by atoms with Gasteiger partial charge in [-0.15, -0.1) is 0 Å². The fourth-order valence-electron chi connectivity index (χ4n) is 1.88. The van der Waals surface area contributed by atoms with E-state index in [4.69, 9.17) is 10.00 Å². The van der Waals surface area contributed by atoms with Gasteiger partial charge in [0, 0.05) is 12.2 Å². The van der Waals surface area contributed by atoms with Gasteiger partial charge in [-0.2, -0.15) is 5.26 Å². The molecule has 0 aliphatic heterocycles. The van der Waals surface area contributed by atoms with E-state index in [1.807, 2.05) is 6.07 Å². The highest BCUT2D eigenvalue weighted by Crippen LogP contribution is 2.12. The molecule has 2 aromatic carbocycles. The largest absolute Gasteiger partial charge is 0.497 e. The van der Waals surface area contributed by atoms with Crippen molar-refractivity contribution >= 4 is 24.1 Å². The van der Waals surface area contributed by atoms with Crippen LogP contribution in [0.15, 0.2) is 60.7 Å². The molecule has 0 saturated heterocycles. The molecule has 0 aliphatic carbocycles. The molecule has 0 amide bonds. The molecular weight excluding hydrogens is 318 g/mol. The van der Waals surface area contributed by atoms with Crippen LogP contribution in [0, 0.1) is 11.3 Å². The van der Waals surface area contributed by atoms with E-state index >= 15 is 0 Å². The number of hydrogen-bond acceptors (Lipinski definition) is 5.